The van der Waals surface area contributed by atoms with E-state index in [1.54, 1.807) is 0 Å². The Morgan fingerprint density at radius 1 is 0.680 bits per heavy atom. The van der Waals surface area contributed by atoms with Crippen LogP contribution in [0.5, 0.6) is 0 Å². The topological polar surface area (TPSA) is 37.4 Å². The summed E-state index contributed by atoms with van der Waals surface area (Å²) in [5, 5.41) is 0. The molecule has 1 heterocycles. The highest BCUT2D eigenvalue weighted by Gasteiger charge is 2.56. The third-order valence-electron chi connectivity index (χ3n) is 5.99. The van der Waals surface area contributed by atoms with Gasteiger partial charge in [0, 0.05) is 0 Å². The SMILES string of the molecule is O=C1[C@H]2[C@H](C(=O)N1c1ccc(-c3ccccc3)cc1)[C@H]1C=C[C@H]2CC1. The Labute approximate surface area is 147 Å². The number of fused-ring (bicyclic) bond motifs is 1. The number of anilines is 1. The Morgan fingerprint density at radius 2 is 1.20 bits per heavy atom. The number of hydrogen-bond acceptors (Lipinski definition) is 2. The van der Waals surface area contributed by atoms with E-state index in [1.165, 1.54) is 4.90 Å². The van der Waals surface area contributed by atoms with Gasteiger partial charge in [-0.1, -0.05) is 54.6 Å². The fourth-order valence-electron chi connectivity index (χ4n) is 4.76. The predicted molar refractivity (Wildman–Crippen MR) is 96.7 cm³/mol. The Hall–Kier alpha value is -2.68. The summed E-state index contributed by atoms with van der Waals surface area (Å²) in [6.45, 7) is 0. The Balaban J connectivity index is 1.48. The van der Waals surface area contributed by atoms with Crippen molar-refractivity contribution in [1.29, 1.82) is 0 Å². The normalized spacial score (nSPS) is 30.0. The minimum Gasteiger partial charge on any atom is -0.274 e. The lowest BCUT2D eigenvalue weighted by atomic mass is 9.63. The first-order valence-corrected chi connectivity index (χ1v) is 8.95. The van der Waals surface area contributed by atoms with Crippen molar-refractivity contribution in [3.63, 3.8) is 0 Å². The smallest absolute Gasteiger partial charge is 0.238 e. The van der Waals surface area contributed by atoms with Crippen LogP contribution in [0.1, 0.15) is 12.8 Å². The van der Waals surface area contributed by atoms with Crippen LogP contribution in [-0.4, -0.2) is 11.8 Å². The van der Waals surface area contributed by atoms with Gasteiger partial charge in [-0.25, -0.2) is 0 Å². The summed E-state index contributed by atoms with van der Waals surface area (Å²) < 4.78 is 0. The van der Waals surface area contributed by atoms with Crippen molar-refractivity contribution in [3.8, 4) is 11.1 Å². The van der Waals surface area contributed by atoms with Crippen LogP contribution in [0.2, 0.25) is 0 Å². The third kappa shape index (κ3) is 2.12. The van der Waals surface area contributed by atoms with Crippen LogP contribution >= 0.6 is 0 Å². The summed E-state index contributed by atoms with van der Waals surface area (Å²) in [7, 11) is 0. The number of nitrogens with zero attached hydrogens (tertiary/aromatic N) is 1. The van der Waals surface area contributed by atoms with Gasteiger partial charge in [0.2, 0.25) is 11.8 Å². The number of rotatable bonds is 2. The van der Waals surface area contributed by atoms with Gasteiger partial charge in [0.25, 0.3) is 0 Å². The average molecular weight is 329 g/mol. The van der Waals surface area contributed by atoms with Crippen LogP contribution in [-0.2, 0) is 9.59 Å². The molecule has 1 aliphatic heterocycles. The summed E-state index contributed by atoms with van der Waals surface area (Å²) in [6.07, 6.45) is 6.37. The summed E-state index contributed by atoms with van der Waals surface area (Å²) >= 11 is 0. The molecular formula is C22H19NO2. The molecule has 4 atom stereocenters. The van der Waals surface area contributed by atoms with Gasteiger partial charge in [0.1, 0.15) is 0 Å². The summed E-state index contributed by atoms with van der Waals surface area (Å²) in [5.74, 6) is 0.151. The maximum atomic E-state index is 13.0. The number of amides is 2. The second kappa shape index (κ2) is 5.41. The second-order valence-corrected chi connectivity index (χ2v) is 7.27. The van der Waals surface area contributed by atoms with E-state index in [-0.39, 0.29) is 35.5 Å². The number of hydrogen-bond donors (Lipinski definition) is 0. The molecule has 1 saturated carbocycles. The van der Waals surface area contributed by atoms with E-state index in [4.69, 9.17) is 0 Å². The molecule has 2 fully saturated rings. The Kier molecular flexibility index (Phi) is 3.17. The number of allylic oxidation sites excluding steroid dienone is 2. The highest BCUT2D eigenvalue weighted by atomic mass is 16.2. The lowest BCUT2D eigenvalue weighted by Crippen LogP contribution is -2.38. The maximum absolute atomic E-state index is 13.0. The first kappa shape index (κ1) is 14.6. The van der Waals surface area contributed by atoms with Crippen molar-refractivity contribution in [1.82, 2.24) is 0 Å². The first-order valence-electron chi connectivity index (χ1n) is 8.95. The molecule has 25 heavy (non-hydrogen) atoms. The molecule has 1 saturated heterocycles. The number of carbonyl (C=O) groups is 2. The zero-order valence-electron chi connectivity index (χ0n) is 13.8. The monoisotopic (exact) mass is 329 g/mol. The van der Waals surface area contributed by atoms with Gasteiger partial charge >= 0.3 is 0 Å². The van der Waals surface area contributed by atoms with Crippen molar-refractivity contribution >= 4 is 17.5 Å². The fourth-order valence-corrected chi connectivity index (χ4v) is 4.76. The van der Waals surface area contributed by atoms with Gasteiger partial charge in [-0.2, -0.15) is 0 Å². The van der Waals surface area contributed by atoms with Gasteiger partial charge in [0.15, 0.2) is 0 Å². The lowest BCUT2D eigenvalue weighted by molar-refractivity contribution is -0.124. The molecule has 0 aromatic heterocycles. The van der Waals surface area contributed by atoms with Gasteiger partial charge in [0.05, 0.1) is 17.5 Å². The van der Waals surface area contributed by atoms with Crippen molar-refractivity contribution < 1.29 is 9.59 Å². The largest absolute Gasteiger partial charge is 0.274 e. The molecule has 0 radical (unpaired) electrons. The van der Waals surface area contributed by atoms with Gasteiger partial charge in [-0.3, -0.25) is 14.5 Å². The van der Waals surface area contributed by atoms with Gasteiger partial charge in [-0.05, 0) is 47.9 Å². The van der Waals surface area contributed by atoms with Crippen molar-refractivity contribution in [3.05, 3.63) is 66.7 Å². The second-order valence-electron chi connectivity index (χ2n) is 7.27. The maximum Gasteiger partial charge on any atom is 0.238 e. The van der Waals surface area contributed by atoms with E-state index < -0.39 is 0 Å². The number of imide groups is 1. The van der Waals surface area contributed by atoms with E-state index in [0.29, 0.717) is 5.69 Å². The van der Waals surface area contributed by atoms with Crippen LogP contribution in [0.25, 0.3) is 11.1 Å². The standard InChI is InChI=1S/C22H19NO2/c24-21-19-16-6-7-17(9-8-16)20(19)22(25)23(21)18-12-10-15(11-13-18)14-4-2-1-3-5-14/h1-7,10-13,16-17,19-20H,8-9H2/t16-,17-,19+,20+/m0/s1. The Bertz CT molecular complexity index is 837. The molecule has 3 heteroatoms. The fraction of sp³-hybridized carbons (Fsp3) is 0.273. The predicted octanol–water partition coefficient (Wildman–Crippen LogP) is 4.06. The van der Waals surface area contributed by atoms with Gasteiger partial charge < -0.3 is 0 Å². The molecule has 2 bridgehead atoms. The summed E-state index contributed by atoms with van der Waals surface area (Å²) in [6, 6.07) is 17.9. The summed E-state index contributed by atoms with van der Waals surface area (Å²) in [5.41, 5.74) is 2.91. The number of benzene rings is 2. The zero-order valence-corrected chi connectivity index (χ0v) is 13.8. The van der Waals surface area contributed by atoms with Crippen LogP contribution in [0.3, 0.4) is 0 Å². The molecular weight excluding hydrogens is 310 g/mol. The van der Waals surface area contributed by atoms with Crippen molar-refractivity contribution in [2.75, 3.05) is 4.90 Å². The van der Waals surface area contributed by atoms with Crippen molar-refractivity contribution in [2.45, 2.75) is 12.8 Å². The first-order chi connectivity index (χ1) is 12.2. The van der Waals surface area contributed by atoms with E-state index in [2.05, 4.69) is 24.3 Å². The Morgan fingerprint density at radius 3 is 1.72 bits per heavy atom. The molecule has 2 aromatic carbocycles. The quantitative estimate of drug-likeness (QED) is 0.615. The zero-order chi connectivity index (χ0) is 17.0. The molecule has 4 aliphatic rings. The highest BCUT2D eigenvalue weighted by molar-refractivity contribution is 6.22. The molecule has 3 nitrogen and oxygen atoms in total. The van der Waals surface area contributed by atoms with Crippen LogP contribution in [0.4, 0.5) is 5.69 Å². The molecule has 0 spiro atoms. The average Bonchev–Trinajstić information content (AvgIpc) is 2.97. The molecule has 6 rings (SSSR count). The van der Waals surface area contributed by atoms with E-state index in [1.807, 2.05) is 42.5 Å². The molecule has 0 N–H and O–H groups in total. The molecule has 124 valence electrons. The van der Waals surface area contributed by atoms with Crippen molar-refractivity contribution in [2.24, 2.45) is 23.7 Å². The van der Waals surface area contributed by atoms with Crippen LogP contribution < -0.4 is 4.90 Å². The minimum absolute atomic E-state index is 0.0125. The van der Waals surface area contributed by atoms with Crippen LogP contribution in [0, 0.1) is 23.7 Å². The van der Waals surface area contributed by atoms with E-state index in [0.717, 1.165) is 24.0 Å². The molecule has 3 aliphatic carbocycles. The summed E-state index contributed by atoms with van der Waals surface area (Å²) in [4.78, 5) is 27.4. The third-order valence-corrected chi connectivity index (χ3v) is 5.99. The van der Waals surface area contributed by atoms with Crippen LogP contribution in [0.15, 0.2) is 66.7 Å². The number of carbonyl (C=O) groups excluding carboxylic acids is 2. The van der Waals surface area contributed by atoms with Gasteiger partial charge in [-0.15, -0.1) is 0 Å². The lowest BCUT2D eigenvalue weighted by Gasteiger charge is -2.38. The highest BCUT2D eigenvalue weighted by Crippen LogP contribution is 2.50. The molecule has 2 amide bonds. The van der Waals surface area contributed by atoms with E-state index in [9.17, 15) is 9.59 Å². The molecule has 0 unspecified atom stereocenters. The minimum atomic E-state index is -0.148. The molecule has 2 aromatic rings. The van der Waals surface area contributed by atoms with E-state index >= 15 is 0 Å².